The number of aromatic nitrogens is 3. The third kappa shape index (κ3) is 6.76. The quantitative estimate of drug-likeness (QED) is 0.391. The van der Waals surface area contributed by atoms with Gasteiger partial charge in [0.25, 0.3) is 5.91 Å². The summed E-state index contributed by atoms with van der Waals surface area (Å²) in [6.45, 7) is 9.17. The highest BCUT2D eigenvalue weighted by molar-refractivity contribution is 6.07. The second-order valence-corrected chi connectivity index (χ2v) is 9.89. The van der Waals surface area contributed by atoms with Crippen LogP contribution in [0, 0.1) is 5.92 Å². The Kier molecular flexibility index (Phi) is 9.83. The molecule has 2 N–H and O–H groups in total. The first kappa shape index (κ1) is 28.3. The Morgan fingerprint density at radius 1 is 1.22 bits per heavy atom. The molecule has 1 amide bonds. The third-order valence-corrected chi connectivity index (χ3v) is 6.75. The lowest BCUT2D eigenvalue weighted by molar-refractivity contribution is -0.139. The maximum absolute atomic E-state index is 13.7. The molecule has 3 rings (SSSR count). The van der Waals surface area contributed by atoms with Crippen molar-refractivity contribution in [3.63, 3.8) is 0 Å². The van der Waals surface area contributed by atoms with Crippen molar-refractivity contribution in [2.45, 2.75) is 65.5 Å². The molecule has 0 radical (unpaired) electrons. The number of amides is 1. The molecule has 0 spiro atoms. The number of ether oxygens (including phenoxy) is 1. The summed E-state index contributed by atoms with van der Waals surface area (Å²) in [5.41, 5.74) is 2.84. The first-order valence-corrected chi connectivity index (χ1v) is 12.9. The Morgan fingerprint density at radius 2 is 2.00 bits per heavy atom. The minimum absolute atomic E-state index is 0.0389. The van der Waals surface area contributed by atoms with Gasteiger partial charge in [0.15, 0.2) is 5.60 Å². The molecule has 200 valence electrons. The van der Waals surface area contributed by atoms with Gasteiger partial charge in [0, 0.05) is 43.8 Å². The zero-order valence-corrected chi connectivity index (χ0v) is 22.6. The summed E-state index contributed by atoms with van der Waals surface area (Å²) in [7, 11) is 1.58. The zero-order chi connectivity index (χ0) is 27.0. The highest BCUT2D eigenvalue weighted by Crippen LogP contribution is 2.46. The standard InChI is InChI=1S/C29H40N4O4/c1-21(2)9-8-10-22(3)14-17-33-27-13-12-25(37-5)19-26(27)29(36,28(33)35)23(4)11-6-7-16-32-20-24(15-18-34)30-31-32/h6,9,11-14,19-20,23,34,36H,7-8,10,15-18H2,1-5H3/b11-6+,22-14+/t23-,29+/m0/s1. The van der Waals surface area contributed by atoms with E-state index < -0.39 is 11.5 Å². The highest BCUT2D eigenvalue weighted by Gasteiger charge is 2.52. The van der Waals surface area contributed by atoms with E-state index in [0.29, 0.717) is 42.9 Å². The topological polar surface area (TPSA) is 101 Å². The molecule has 0 saturated carbocycles. The van der Waals surface area contributed by atoms with E-state index in [4.69, 9.17) is 9.84 Å². The number of methoxy groups -OCH3 is 1. The van der Waals surface area contributed by atoms with E-state index >= 15 is 0 Å². The summed E-state index contributed by atoms with van der Waals surface area (Å²) in [4.78, 5) is 15.3. The second-order valence-electron chi connectivity index (χ2n) is 9.89. The fourth-order valence-electron chi connectivity index (χ4n) is 4.50. The number of allylic oxidation sites excluding steroid dienone is 4. The molecule has 0 fully saturated rings. The van der Waals surface area contributed by atoms with Crippen LogP contribution < -0.4 is 9.64 Å². The first-order chi connectivity index (χ1) is 17.7. The largest absolute Gasteiger partial charge is 0.497 e. The molecule has 1 aromatic carbocycles. The van der Waals surface area contributed by atoms with Gasteiger partial charge >= 0.3 is 0 Å². The molecule has 1 aliphatic heterocycles. The van der Waals surface area contributed by atoms with E-state index in [1.165, 1.54) is 11.1 Å². The third-order valence-electron chi connectivity index (χ3n) is 6.75. The van der Waals surface area contributed by atoms with Gasteiger partial charge in [-0.3, -0.25) is 9.48 Å². The average Bonchev–Trinajstić information content (AvgIpc) is 3.41. The van der Waals surface area contributed by atoms with E-state index in [9.17, 15) is 9.90 Å². The van der Waals surface area contributed by atoms with Crippen molar-refractivity contribution in [1.82, 2.24) is 15.0 Å². The monoisotopic (exact) mass is 508 g/mol. The number of hydrogen-bond acceptors (Lipinski definition) is 6. The number of benzene rings is 1. The summed E-state index contributed by atoms with van der Waals surface area (Å²) in [6.07, 6.45) is 13.0. The van der Waals surface area contributed by atoms with Gasteiger partial charge in [-0.2, -0.15) is 0 Å². The Hall–Kier alpha value is -3.23. The molecule has 0 bridgehead atoms. The molecule has 2 atom stereocenters. The van der Waals surface area contributed by atoms with Crippen LogP contribution in [0.4, 0.5) is 5.69 Å². The number of aliphatic hydroxyl groups excluding tert-OH is 1. The smallest absolute Gasteiger partial charge is 0.264 e. The van der Waals surface area contributed by atoms with Crippen molar-refractivity contribution in [2.24, 2.45) is 5.92 Å². The lowest BCUT2D eigenvalue weighted by Gasteiger charge is -2.27. The number of anilines is 1. The van der Waals surface area contributed by atoms with Crippen LogP contribution in [0.5, 0.6) is 5.75 Å². The van der Waals surface area contributed by atoms with Crippen LogP contribution in [0.15, 0.2) is 59.8 Å². The summed E-state index contributed by atoms with van der Waals surface area (Å²) in [6, 6.07) is 5.43. The number of carbonyl (C=O) groups is 1. The van der Waals surface area contributed by atoms with Gasteiger partial charge in [-0.15, -0.1) is 5.10 Å². The Morgan fingerprint density at radius 3 is 2.70 bits per heavy atom. The summed E-state index contributed by atoms with van der Waals surface area (Å²) in [5, 5.41) is 29.0. The average molecular weight is 509 g/mol. The predicted molar refractivity (Wildman–Crippen MR) is 145 cm³/mol. The molecular weight excluding hydrogens is 468 g/mol. The van der Waals surface area contributed by atoms with Crippen molar-refractivity contribution in [1.29, 1.82) is 0 Å². The highest BCUT2D eigenvalue weighted by atomic mass is 16.5. The van der Waals surface area contributed by atoms with E-state index in [1.54, 1.807) is 22.8 Å². The van der Waals surface area contributed by atoms with E-state index in [-0.39, 0.29) is 12.5 Å². The molecule has 2 heterocycles. The van der Waals surface area contributed by atoms with Gasteiger partial charge in [-0.05, 0) is 58.2 Å². The number of aryl methyl sites for hydroxylation is 1. The fraction of sp³-hybridized carbons (Fsp3) is 0.483. The predicted octanol–water partition coefficient (Wildman–Crippen LogP) is 4.33. The van der Waals surface area contributed by atoms with Crippen LogP contribution in [0.2, 0.25) is 0 Å². The second kappa shape index (κ2) is 12.8. The Bertz CT molecular complexity index is 1160. The van der Waals surface area contributed by atoms with Crippen molar-refractivity contribution < 1.29 is 19.7 Å². The maximum atomic E-state index is 13.7. The number of fused-ring (bicyclic) bond motifs is 1. The SMILES string of the molecule is COc1ccc2c(c1)[C@](O)([C@@H](C)/C=C/CCn1cc(CCO)nn1)C(=O)N2C/C=C(\C)CCC=C(C)C. The molecule has 8 nitrogen and oxygen atoms in total. The van der Waals surface area contributed by atoms with Crippen LogP contribution >= 0.6 is 0 Å². The van der Waals surface area contributed by atoms with Gasteiger partial charge in [-0.25, -0.2) is 0 Å². The Labute approximate surface area is 219 Å². The molecule has 1 aliphatic rings. The van der Waals surface area contributed by atoms with Gasteiger partial charge < -0.3 is 19.8 Å². The van der Waals surface area contributed by atoms with Crippen LogP contribution in [0.25, 0.3) is 0 Å². The molecule has 8 heteroatoms. The molecule has 0 unspecified atom stereocenters. The van der Waals surface area contributed by atoms with Crippen molar-refractivity contribution >= 4 is 11.6 Å². The van der Waals surface area contributed by atoms with Crippen LogP contribution in [-0.2, 0) is 23.4 Å². The molecule has 2 aromatic rings. The minimum atomic E-state index is -1.69. The van der Waals surface area contributed by atoms with E-state index in [1.807, 2.05) is 37.4 Å². The summed E-state index contributed by atoms with van der Waals surface area (Å²) < 4.78 is 7.13. The normalized spacial score (nSPS) is 18.4. The summed E-state index contributed by atoms with van der Waals surface area (Å²) in [5.74, 6) is -0.188. The van der Waals surface area contributed by atoms with Crippen molar-refractivity contribution in [3.8, 4) is 5.75 Å². The fourth-order valence-corrected chi connectivity index (χ4v) is 4.50. The van der Waals surface area contributed by atoms with E-state index in [2.05, 4.69) is 43.2 Å². The number of rotatable bonds is 13. The van der Waals surface area contributed by atoms with Crippen LogP contribution in [0.1, 0.15) is 58.2 Å². The van der Waals surface area contributed by atoms with Gasteiger partial charge in [-0.1, -0.05) is 47.6 Å². The van der Waals surface area contributed by atoms with Crippen molar-refractivity contribution in [2.75, 3.05) is 25.2 Å². The van der Waals surface area contributed by atoms with Gasteiger partial charge in [0.2, 0.25) is 0 Å². The molecule has 1 aromatic heterocycles. The molecule has 37 heavy (non-hydrogen) atoms. The minimum Gasteiger partial charge on any atom is -0.497 e. The Balaban J connectivity index is 1.76. The van der Waals surface area contributed by atoms with Crippen molar-refractivity contribution in [3.05, 3.63) is 71.1 Å². The van der Waals surface area contributed by atoms with Gasteiger partial charge in [0.1, 0.15) is 5.75 Å². The molecular formula is C29H40N4O4. The lowest BCUT2D eigenvalue weighted by atomic mass is 9.83. The first-order valence-electron chi connectivity index (χ1n) is 12.9. The maximum Gasteiger partial charge on any atom is 0.264 e. The zero-order valence-electron chi connectivity index (χ0n) is 22.6. The lowest BCUT2D eigenvalue weighted by Crippen LogP contribution is -2.44. The van der Waals surface area contributed by atoms with E-state index in [0.717, 1.165) is 18.5 Å². The number of nitrogens with zero attached hydrogens (tertiary/aromatic N) is 4. The molecule has 0 saturated heterocycles. The molecule has 0 aliphatic carbocycles. The van der Waals surface area contributed by atoms with Crippen LogP contribution in [0.3, 0.4) is 0 Å². The number of aliphatic hydroxyl groups is 2. The summed E-state index contributed by atoms with van der Waals surface area (Å²) >= 11 is 0. The van der Waals surface area contributed by atoms with Gasteiger partial charge in [0.05, 0.1) is 18.5 Å². The van der Waals surface area contributed by atoms with Crippen LogP contribution in [-0.4, -0.2) is 51.4 Å². The number of hydrogen-bond donors (Lipinski definition) is 2. The number of carbonyl (C=O) groups excluding carboxylic acids is 1.